The number of carbonyl (C=O) groups is 2. The maximum Gasteiger partial charge on any atom is 0.270 e. The number of nitrogens with zero attached hydrogens (tertiary/aromatic N) is 2. The van der Waals surface area contributed by atoms with E-state index in [2.05, 4.69) is 10.6 Å². The zero-order valence-corrected chi connectivity index (χ0v) is 20.5. The summed E-state index contributed by atoms with van der Waals surface area (Å²) in [6.07, 6.45) is 3.05. The molecule has 10 nitrogen and oxygen atoms in total. The van der Waals surface area contributed by atoms with E-state index in [1.54, 1.807) is 44.3 Å². The number of nitrogens with one attached hydrogen (secondary N) is 2. The molecule has 35 heavy (non-hydrogen) atoms. The highest BCUT2D eigenvalue weighted by molar-refractivity contribution is 6.00. The van der Waals surface area contributed by atoms with Crippen LogP contribution < -0.4 is 20.1 Å². The van der Waals surface area contributed by atoms with Crippen molar-refractivity contribution in [2.45, 2.75) is 38.3 Å². The third kappa shape index (κ3) is 6.40. The summed E-state index contributed by atoms with van der Waals surface area (Å²) in [4.78, 5) is 37.7. The van der Waals surface area contributed by atoms with Crippen LogP contribution in [0.2, 0.25) is 0 Å². The molecule has 2 amide bonds. The van der Waals surface area contributed by atoms with Crippen molar-refractivity contribution in [1.29, 1.82) is 0 Å². The first kappa shape index (κ1) is 25.8. The van der Waals surface area contributed by atoms with Gasteiger partial charge in [-0.2, -0.15) is 0 Å². The van der Waals surface area contributed by atoms with Crippen molar-refractivity contribution in [1.82, 2.24) is 10.2 Å². The number of amides is 2. The van der Waals surface area contributed by atoms with Gasteiger partial charge < -0.3 is 25.0 Å². The minimum Gasteiger partial charge on any atom is -0.493 e. The number of nitro benzene ring substituents is 1. The zero-order chi connectivity index (χ0) is 25.5. The molecule has 2 aromatic rings. The van der Waals surface area contributed by atoms with Crippen LogP contribution in [-0.4, -0.2) is 56.0 Å². The summed E-state index contributed by atoms with van der Waals surface area (Å²) in [5.41, 5.74) is 1.36. The number of hydrogen-bond donors (Lipinski definition) is 2. The number of ether oxygens (including phenoxy) is 2. The largest absolute Gasteiger partial charge is 0.493 e. The smallest absolute Gasteiger partial charge is 0.270 e. The monoisotopic (exact) mass is 484 g/mol. The standard InChI is InChI=1S/C25H32N4O6/c1-28(2)25(31)17-6-8-18(9-7-17)27-21-11-10-19(29(32)33)14-20(21)24(30)26-15-16-5-12-22(34-3)23(13-16)35-4/h5,10-14,17-18,27H,6-9,15H2,1-4H3,(H,26,30)/t17-,18+. The fourth-order valence-electron chi connectivity index (χ4n) is 4.30. The summed E-state index contributed by atoms with van der Waals surface area (Å²) in [6, 6.07) is 9.63. The maximum atomic E-state index is 13.1. The number of nitro groups is 1. The van der Waals surface area contributed by atoms with Crippen molar-refractivity contribution in [2.75, 3.05) is 33.6 Å². The third-order valence-electron chi connectivity index (χ3n) is 6.24. The predicted octanol–water partition coefficient (Wildman–Crippen LogP) is 3.60. The van der Waals surface area contributed by atoms with Crippen molar-refractivity contribution < 1.29 is 24.0 Å². The van der Waals surface area contributed by atoms with Gasteiger partial charge in [0.15, 0.2) is 11.5 Å². The molecule has 0 aromatic heterocycles. The number of non-ortho nitro benzene ring substituents is 1. The molecule has 0 unspecified atom stereocenters. The van der Waals surface area contributed by atoms with Crippen LogP contribution in [0.25, 0.3) is 0 Å². The molecule has 10 heteroatoms. The number of methoxy groups -OCH3 is 2. The van der Waals surface area contributed by atoms with Gasteiger partial charge in [-0.15, -0.1) is 0 Å². The Kier molecular flexibility index (Phi) is 8.51. The molecule has 2 aromatic carbocycles. The number of benzene rings is 2. The van der Waals surface area contributed by atoms with Gasteiger partial charge in [-0.3, -0.25) is 19.7 Å². The zero-order valence-electron chi connectivity index (χ0n) is 20.5. The first-order valence-corrected chi connectivity index (χ1v) is 11.5. The fraction of sp³-hybridized carbons (Fsp3) is 0.440. The van der Waals surface area contributed by atoms with Crippen LogP contribution in [-0.2, 0) is 11.3 Å². The highest BCUT2D eigenvalue weighted by atomic mass is 16.6. The maximum absolute atomic E-state index is 13.1. The third-order valence-corrected chi connectivity index (χ3v) is 6.24. The highest BCUT2D eigenvalue weighted by Crippen LogP contribution is 2.31. The van der Waals surface area contributed by atoms with Gasteiger partial charge in [0.1, 0.15) is 0 Å². The summed E-state index contributed by atoms with van der Waals surface area (Å²) < 4.78 is 10.5. The van der Waals surface area contributed by atoms with Gasteiger partial charge in [0.25, 0.3) is 11.6 Å². The Labute approximate surface area is 204 Å². The summed E-state index contributed by atoms with van der Waals surface area (Å²) in [6.45, 7) is 0.207. The van der Waals surface area contributed by atoms with Crippen molar-refractivity contribution in [2.24, 2.45) is 5.92 Å². The molecular formula is C25H32N4O6. The Morgan fingerprint density at radius 1 is 1.03 bits per heavy atom. The molecular weight excluding hydrogens is 452 g/mol. The van der Waals surface area contributed by atoms with Crippen molar-refractivity contribution in [3.63, 3.8) is 0 Å². The van der Waals surface area contributed by atoms with Crippen LogP contribution in [0.1, 0.15) is 41.6 Å². The number of hydrogen-bond acceptors (Lipinski definition) is 7. The van der Waals surface area contributed by atoms with Crippen molar-refractivity contribution in [3.8, 4) is 11.5 Å². The van der Waals surface area contributed by atoms with Crippen LogP contribution in [0, 0.1) is 16.0 Å². The second-order valence-corrected chi connectivity index (χ2v) is 8.78. The first-order valence-electron chi connectivity index (χ1n) is 11.5. The highest BCUT2D eigenvalue weighted by Gasteiger charge is 2.28. The van der Waals surface area contributed by atoms with E-state index >= 15 is 0 Å². The molecule has 1 fully saturated rings. The molecule has 1 saturated carbocycles. The van der Waals surface area contributed by atoms with Crippen LogP contribution >= 0.6 is 0 Å². The summed E-state index contributed by atoms with van der Waals surface area (Å²) in [7, 11) is 6.60. The van der Waals surface area contributed by atoms with E-state index in [9.17, 15) is 19.7 Å². The minimum absolute atomic E-state index is 0.00386. The lowest BCUT2D eigenvalue weighted by Crippen LogP contribution is -2.35. The fourth-order valence-corrected chi connectivity index (χ4v) is 4.30. The minimum atomic E-state index is -0.521. The number of rotatable bonds is 9. The quantitative estimate of drug-likeness (QED) is 0.412. The van der Waals surface area contributed by atoms with E-state index in [0.29, 0.717) is 17.2 Å². The van der Waals surface area contributed by atoms with Crippen molar-refractivity contribution in [3.05, 3.63) is 57.6 Å². The van der Waals surface area contributed by atoms with Gasteiger partial charge >= 0.3 is 0 Å². The lowest BCUT2D eigenvalue weighted by atomic mass is 9.85. The molecule has 0 atom stereocenters. The number of carbonyl (C=O) groups excluding carboxylic acids is 2. The molecule has 1 aliphatic rings. The first-order chi connectivity index (χ1) is 16.7. The topological polar surface area (TPSA) is 123 Å². The van der Waals surface area contributed by atoms with Gasteiger partial charge in [-0.25, -0.2) is 0 Å². The van der Waals surface area contributed by atoms with E-state index in [1.165, 1.54) is 19.2 Å². The normalized spacial score (nSPS) is 17.3. The van der Waals surface area contributed by atoms with Gasteiger partial charge in [0.2, 0.25) is 5.91 Å². The Bertz CT molecular complexity index is 1080. The molecule has 2 N–H and O–H groups in total. The molecule has 1 aliphatic carbocycles. The molecule has 0 aliphatic heterocycles. The summed E-state index contributed by atoms with van der Waals surface area (Å²) >= 11 is 0. The van der Waals surface area contributed by atoms with Crippen molar-refractivity contribution >= 4 is 23.2 Å². The Hall–Kier alpha value is -3.82. The molecule has 0 bridgehead atoms. The Morgan fingerprint density at radius 2 is 1.71 bits per heavy atom. The van der Waals surface area contributed by atoms with E-state index in [-0.39, 0.29) is 35.7 Å². The molecule has 3 rings (SSSR count). The molecule has 0 saturated heterocycles. The second kappa shape index (κ2) is 11.5. The molecule has 188 valence electrons. The van der Waals surface area contributed by atoms with E-state index in [0.717, 1.165) is 31.2 Å². The van der Waals surface area contributed by atoms with Crippen LogP contribution in [0.4, 0.5) is 11.4 Å². The van der Waals surface area contributed by atoms with Crippen LogP contribution in [0.15, 0.2) is 36.4 Å². The second-order valence-electron chi connectivity index (χ2n) is 8.78. The average Bonchev–Trinajstić information content (AvgIpc) is 2.87. The van der Waals surface area contributed by atoms with Crippen LogP contribution in [0.3, 0.4) is 0 Å². The average molecular weight is 485 g/mol. The Balaban J connectivity index is 1.72. The van der Waals surface area contributed by atoms with E-state index < -0.39 is 10.8 Å². The summed E-state index contributed by atoms with van der Waals surface area (Å²) in [5, 5.41) is 17.5. The summed E-state index contributed by atoms with van der Waals surface area (Å²) in [5.74, 6) is 0.829. The lowest BCUT2D eigenvalue weighted by Gasteiger charge is -2.30. The van der Waals surface area contributed by atoms with Crippen LogP contribution in [0.5, 0.6) is 11.5 Å². The van der Waals surface area contributed by atoms with Gasteiger partial charge in [0.05, 0.1) is 24.7 Å². The SMILES string of the molecule is COc1ccc(CNC(=O)c2cc([N+](=O)[O-])ccc2N[C@H]2CC[C@@H](C(=O)N(C)C)CC2)cc1OC. The van der Waals surface area contributed by atoms with Gasteiger partial charge in [0, 0.05) is 50.4 Å². The molecule has 0 radical (unpaired) electrons. The van der Waals surface area contributed by atoms with E-state index in [1.807, 2.05) is 6.07 Å². The number of anilines is 1. The van der Waals surface area contributed by atoms with Gasteiger partial charge in [-0.1, -0.05) is 6.07 Å². The van der Waals surface area contributed by atoms with Gasteiger partial charge in [-0.05, 0) is 49.4 Å². The predicted molar refractivity (Wildman–Crippen MR) is 132 cm³/mol. The molecule has 0 heterocycles. The lowest BCUT2D eigenvalue weighted by molar-refractivity contribution is -0.384. The Morgan fingerprint density at radius 3 is 2.31 bits per heavy atom. The van der Waals surface area contributed by atoms with E-state index in [4.69, 9.17) is 9.47 Å². The molecule has 0 spiro atoms.